The molecule has 0 saturated heterocycles. The number of esters is 1. The van der Waals surface area contributed by atoms with E-state index in [0.717, 1.165) is 0 Å². The Kier molecular flexibility index (Phi) is 4.78. The van der Waals surface area contributed by atoms with Gasteiger partial charge in [-0.25, -0.2) is 9.78 Å². The van der Waals surface area contributed by atoms with Crippen LogP contribution in [0.1, 0.15) is 5.69 Å². The molecule has 0 radical (unpaired) electrons. The van der Waals surface area contributed by atoms with E-state index in [2.05, 4.69) is 9.72 Å². The summed E-state index contributed by atoms with van der Waals surface area (Å²) in [5, 5.41) is 0.634. The molecule has 0 spiro atoms. The summed E-state index contributed by atoms with van der Waals surface area (Å²) in [7, 11) is 4.88. The number of carbonyl (C=O) groups excluding carboxylic acids is 1. The van der Waals surface area contributed by atoms with Crippen LogP contribution in [0.25, 0.3) is 5.57 Å². The van der Waals surface area contributed by atoms with Crippen LogP contribution >= 0.6 is 23.2 Å². The molecule has 1 aromatic rings. The number of halogens is 2. The van der Waals surface area contributed by atoms with Gasteiger partial charge in [-0.15, -0.1) is 0 Å². The molecule has 0 N–H and O–H groups in total. The molecule has 1 aromatic heterocycles. The van der Waals surface area contributed by atoms with Crippen molar-refractivity contribution in [1.29, 1.82) is 0 Å². The predicted octanol–water partition coefficient (Wildman–Crippen LogP) is 2.46. The number of hydrogen-bond donors (Lipinski definition) is 0. The molecule has 0 fully saturated rings. The molecular weight excluding hydrogens is 263 g/mol. The van der Waals surface area contributed by atoms with Gasteiger partial charge in [0.25, 0.3) is 0 Å². The van der Waals surface area contributed by atoms with Crippen molar-refractivity contribution in [2.45, 2.75) is 0 Å². The second-order valence-corrected chi connectivity index (χ2v) is 4.31. The van der Waals surface area contributed by atoms with Gasteiger partial charge in [0.1, 0.15) is 10.7 Å². The minimum atomic E-state index is -0.496. The summed E-state index contributed by atoms with van der Waals surface area (Å²) < 4.78 is 4.69. The molecule has 0 aliphatic rings. The van der Waals surface area contributed by atoms with E-state index >= 15 is 0 Å². The zero-order valence-corrected chi connectivity index (χ0v) is 11.2. The SMILES string of the molecule is COC(=O)/C(=C/N(C)C)c1cc(Cl)cc(Cl)n1. The van der Waals surface area contributed by atoms with Crippen LogP contribution in [0.4, 0.5) is 0 Å². The van der Waals surface area contributed by atoms with E-state index < -0.39 is 5.97 Å². The highest BCUT2D eigenvalue weighted by molar-refractivity contribution is 6.34. The molecule has 92 valence electrons. The molecule has 6 heteroatoms. The molecule has 0 aromatic carbocycles. The van der Waals surface area contributed by atoms with Gasteiger partial charge >= 0.3 is 5.97 Å². The number of nitrogens with zero attached hydrogens (tertiary/aromatic N) is 2. The van der Waals surface area contributed by atoms with Crippen LogP contribution in [0.3, 0.4) is 0 Å². The molecule has 0 saturated carbocycles. The van der Waals surface area contributed by atoms with Gasteiger partial charge in [-0.05, 0) is 12.1 Å². The summed E-state index contributed by atoms with van der Waals surface area (Å²) in [6, 6.07) is 3.05. The topological polar surface area (TPSA) is 42.4 Å². The Balaban J connectivity index is 3.27. The number of methoxy groups -OCH3 is 1. The van der Waals surface area contributed by atoms with E-state index in [0.29, 0.717) is 16.3 Å². The van der Waals surface area contributed by atoms with Gasteiger partial charge in [-0.3, -0.25) is 0 Å². The molecular formula is C11H12Cl2N2O2. The Morgan fingerprint density at radius 1 is 1.41 bits per heavy atom. The molecule has 0 atom stereocenters. The Labute approximate surface area is 110 Å². The molecule has 0 aliphatic heterocycles. The second kappa shape index (κ2) is 5.89. The van der Waals surface area contributed by atoms with Gasteiger partial charge in [0, 0.05) is 25.3 Å². The molecule has 1 heterocycles. The number of hydrogen-bond acceptors (Lipinski definition) is 4. The van der Waals surface area contributed by atoms with Crippen LogP contribution in [0.5, 0.6) is 0 Å². The average Bonchev–Trinajstić information content (AvgIpc) is 2.23. The first-order valence-electron chi connectivity index (χ1n) is 4.74. The van der Waals surface area contributed by atoms with E-state index in [1.165, 1.54) is 13.2 Å². The van der Waals surface area contributed by atoms with Gasteiger partial charge in [0.15, 0.2) is 0 Å². The number of aromatic nitrogens is 1. The van der Waals surface area contributed by atoms with Gasteiger partial charge in [-0.2, -0.15) is 0 Å². The summed E-state index contributed by atoms with van der Waals surface area (Å²) in [6.07, 6.45) is 1.60. The molecule has 0 bridgehead atoms. The van der Waals surface area contributed by atoms with Crippen molar-refractivity contribution in [1.82, 2.24) is 9.88 Å². The third-order valence-corrected chi connectivity index (χ3v) is 2.24. The minimum absolute atomic E-state index is 0.223. The first-order chi connectivity index (χ1) is 7.93. The van der Waals surface area contributed by atoms with Crippen LogP contribution in [-0.4, -0.2) is 37.1 Å². The molecule has 0 unspecified atom stereocenters. The zero-order valence-electron chi connectivity index (χ0n) is 9.70. The lowest BCUT2D eigenvalue weighted by Gasteiger charge is -2.10. The molecule has 4 nitrogen and oxygen atoms in total. The lowest BCUT2D eigenvalue weighted by Crippen LogP contribution is -2.11. The fraction of sp³-hybridized carbons (Fsp3) is 0.273. The fourth-order valence-corrected chi connectivity index (χ4v) is 1.67. The maximum absolute atomic E-state index is 11.6. The van der Waals surface area contributed by atoms with Gasteiger partial charge < -0.3 is 9.64 Å². The lowest BCUT2D eigenvalue weighted by molar-refractivity contribution is -0.133. The monoisotopic (exact) mass is 274 g/mol. The van der Waals surface area contributed by atoms with E-state index in [1.807, 2.05) is 0 Å². The van der Waals surface area contributed by atoms with Crippen molar-refractivity contribution >= 4 is 34.7 Å². The third kappa shape index (κ3) is 3.91. The number of rotatable bonds is 3. The maximum Gasteiger partial charge on any atom is 0.341 e. The smallest absolute Gasteiger partial charge is 0.341 e. The third-order valence-electron chi connectivity index (χ3n) is 1.83. The van der Waals surface area contributed by atoms with Gasteiger partial charge in [0.2, 0.25) is 0 Å². The van der Waals surface area contributed by atoms with Crippen LogP contribution in [0.2, 0.25) is 10.2 Å². The van der Waals surface area contributed by atoms with E-state index in [-0.39, 0.29) is 5.15 Å². The van der Waals surface area contributed by atoms with Crippen LogP contribution in [-0.2, 0) is 9.53 Å². The molecule has 0 amide bonds. The van der Waals surface area contributed by atoms with Crippen LogP contribution in [0, 0.1) is 0 Å². The highest BCUT2D eigenvalue weighted by Crippen LogP contribution is 2.21. The largest absolute Gasteiger partial charge is 0.465 e. The highest BCUT2D eigenvalue weighted by atomic mass is 35.5. The van der Waals surface area contributed by atoms with Crippen LogP contribution in [0.15, 0.2) is 18.3 Å². The minimum Gasteiger partial charge on any atom is -0.465 e. The van der Waals surface area contributed by atoms with Crippen molar-refractivity contribution in [2.24, 2.45) is 0 Å². The van der Waals surface area contributed by atoms with Gasteiger partial charge in [-0.1, -0.05) is 23.2 Å². The first-order valence-corrected chi connectivity index (χ1v) is 5.49. The summed E-state index contributed by atoms with van der Waals surface area (Å²) >= 11 is 11.7. The second-order valence-electron chi connectivity index (χ2n) is 3.49. The predicted molar refractivity (Wildman–Crippen MR) is 67.9 cm³/mol. The summed E-state index contributed by atoms with van der Waals surface area (Å²) in [5.74, 6) is -0.496. The molecule has 0 aliphatic carbocycles. The number of ether oxygens (including phenoxy) is 1. The number of carbonyl (C=O) groups is 1. The summed E-state index contributed by atoms with van der Waals surface area (Å²) in [4.78, 5) is 17.4. The van der Waals surface area contributed by atoms with Crippen molar-refractivity contribution in [3.63, 3.8) is 0 Å². The molecule has 1 rings (SSSR count). The standard InChI is InChI=1S/C11H12Cl2N2O2/c1-15(2)6-8(11(16)17-3)9-4-7(12)5-10(13)14-9/h4-6H,1-3H3/b8-6+. The highest BCUT2D eigenvalue weighted by Gasteiger charge is 2.15. The average molecular weight is 275 g/mol. The van der Waals surface area contributed by atoms with Crippen LogP contribution < -0.4 is 0 Å². The fourth-order valence-electron chi connectivity index (χ4n) is 1.20. The normalized spacial score (nSPS) is 11.2. The van der Waals surface area contributed by atoms with E-state index in [4.69, 9.17) is 23.2 Å². The quantitative estimate of drug-likeness (QED) is 0.483. The van der Waals surface area contributed by atoms with E-state index in [1.54, 1.807) is 31.3 Å². The summed E-state index contributed by atoms with van der Waals surface area (Å²) in [6.45, 7) is 0. The summed E-state index contributed by atoms with van der Waals surface area (Å²) in [5.41, 5.74) is 0.671. The number of pyridine rings is 1. The molecule has 17 heavy (non-hydrogen) atoms. The van der Waals surface area contributed by atoms with Crippen molar-refractivity contribution in [3.8, 4) is 0 Å². The van der Waals surface area contributed by atoms with Crippen molar-refractivity contribution < 1.29 is 9.53 Å². The Bertz CT molecular complexity index is 439. The van der Waals surface area contributed by atoms with Gasteiger partial charge in [0.05, 0.1) is 12.8 Å². The van der Waals surface area contributed by atoms with E-state index in [9.17, 15) is 4.79 Å². The Morgan fingerprint density at radius 2 is 2.06 bits per heavy atom. The lowest BCUT2D eigenvalue weighted by atomic mass is 10.2. The Hall–Kier alpha value is -1.26. The van der Waals surface area contributed by atoms with Crippen molar-refractivity contribution in [3.05, 3.63) is 34.2 Å². The zero-order chi connectivity index (χ0) is 13.0. The van der Waals surface area contributed by atoms with Crippen molar-refractivity contribution in [2.75, 3.05) is 21.2 Å². The Morgan fingerprint density at radius 3 is 2.53 bits per heavy atom. The first kappa shape index (κ1) is 13.8. The maximum atomic E-state index is 11.6.